The zero-order chi connectivity index (χ0) is 34.9. The first-order valence-electron chi connectivity index (χ1n) is 17.8. The molecule has 0 aliphatic carbocycles. The van der Waals surface area contributed by atoms with Crippen LogP contribution < -0.4 is 5.32 Å². The third-order valence-electron chi connectivity index (χ3n) is 9.97. The van der Waals surface area contributed by atoms with Crippen molar-refractivity contribution in [2.45, 2.75) is 132 Å². The number of nitrogens with one attached hydrogen (secondary N) is 1. The van der Waals surface area contributed by atoms with Crippen molar-refractivity contribution in [1.29, 1.82) is 0 Å². The maximum absolute atomic E-state index is 14.2. The molecule has 1 N–H and O–H groups in total. The van der Waals surface area contributed by atoms with Gasteiger partial charge in [-0.25, -0.2) is 0 Å². The van der Waals surface area contributed by atoms with E-state index in [-0.39, 0.29) is 47.7 Å². The molecule has 0 bridgehead atoms. The third-order valence-corrected chi connectivity index (χ3v) is 9.97. The highest BCUT2D eigenvalue weighted by atomic mass is 16.2. The van der Waals surface area contributed by atoms with E-state index in [4.69, 9.17) is 0 Å². The molecule has 2 fully saturated rings. The van der Waals surface area contributed by atoms with Crippen LogP contribution in [-0.4, -0.2) is 132 Å². The van der Waals surface area contributed by atoms with Crippen molar-refractivity contribution in [3.8, 4) is 0 Å². The van der Waals surface area contributed by atoms with E-state index in [0.717, 1.165) is 51.9 Å². The Morgan fingerprint density at radius 3 is 2.04 bits per heavy atom. The van der Waals surface area contributed by atoms with Crippen LogP contribution in [0.4, 0.5) is 0 Å². The second-order valence-electron chi connectivity index (χ2n) is 15.1. The second-order valence-corrected chi connectivity index (χ2v) is 15.1. The molecule has 4 atom stereocenters. The van der Waals surface area contributed by atoms with Gasteiger partial charge < -0.3 is 24.9 Å². The topological polar surface area (TPSA) is 96.5 Å². The molecular weight excluding hydrogens is 580 g/mol. The van der Waals surface area contributed by atoms with Gasteiger partial charge in [0.25, 0.3) is 0 Å². The van der Waals surface area contributed by atoms with Gasteiger partial charge in [-0.2, -0.15) is 0 Å². The molecule has 264 valence electrons. The lowest BCUT2D eigenvalue weighted by atomic mass is 9.84. The minimum Gasteiger partial charge on any atom is -0.343 e. The normalized spacial score (nSPS) is 21.1. The zero-order valence-corrected chi connectivity index (χ0v) is 31.2. The fourth-order valence-corrected chi connectivity index (χ4v) is 6.86. The number of likely N-dealkylation sites (tertiary alicyclic amines) is 2. The molecule has 46 heavy (non-hydrogen) atoms. The van der Waals surface area contributed by atoms with Crippen LogP contribution in [0.5, 0.6) is 0 Å². The van der Waals surface area contributed by atoms with Crippen molar-refractivity contribution < 1.29 is 19.2 Å². The van der Waals surface area contributed by atoms with E-state index in [1.165, 1.54) is 0 Å². The van der Waals surface area contributed by atoms with Crippen LogP contribution in [0.2, 0.25) is 0 Å². The Labute approximate surface area is 280 Å². The fourth-order valence-electron chi connectivity index (χ4n) is 6.86. The Morgan fingerprint density at radius 1 is 0.891 bits per heavy atom. The van der Waals surface area contributed by atoms with Crippen molar-refractivity contribution >= 4 is 23.6 Å². The van der Waals surface area contributed by atoms with Crippen LogP contribution in [0.1, 0.15) is 101 Å². The van der Waals surface area contributed by atoms with Crippen LogP contribution in [0.3, 0.4) is 0 Å². The summed E-state index contributed by atoms with van der Waals surface area (Å²) >= 11 is 0. The zero-order valence-electron chi connectivity index (χ0n) is 31.2. The quantitative estimate of drug-likeness (QED) is 0.287. The summed E-state index contributed by atoms with van der Waals surface area (Å²) in [5.74, 6) is -0.426. The molecular formula is C36H66N6O4. The Hall–Kier alpha value is -2.46. The number of carbonyl (C=O) groups is 4. The molecule has 0 aromatic heterocycles. The van der Waals surface area contributed by atoms with E-state index < -0.39 is 17.5 Å². The first-order valence-corrected chi connectivity index (χ1v) is 17.8. The van der Waals surface area contributed by atoms with E-state index in [9.17, 15) is 19.2 Å². The van der Waals surface area contributed by atoms with Gasteiger partial charge in [-0.1, -0.05) is 61.0 Å². The van der Waals surface area contributed by atoms with E-state index in [1.54, 1.807) is 28.7 Å². The van der Waals surface area contributed by atoms with Gasteiger partial charge in [0.05, 0.1) is 12.1 Å². The lowest BCUT2D eigenvalue weighted by Gasteiger charge is -2.41. The average molecular weight is 647 g/mol. The lowest BCUT2D eigenvalue weighted by Crippen LogP contribution is -2.60. The lowest BCUT2D eigenvalue weighted by molar-refractivity contribution is -0.142. The van der Waals surface area contributed by atoms with Gasteiger partial charge in [-0.05, 0) is 77.4 Å². The summed E-state index contributed by atoms with van der Waals surface area (Å²) in [6.45, 7) is 24.9. The van der Waals surface area contributed by atoms with Crippen molar-refractivity contribution in [3.05, 3.63) is 11.6 Å². The Bertz CT molecular complexity index is 1060. The highest BCUT2D eigenvalue weighted by Gasteiger charge is 2.40. The van der Waals surface area contributed by atoms with Crippen LogP contribution in [0.15, 0.2) is 11.6 Å². The standard InChI is InChI=1S/C36H66N6O4/c1-13-40(14-2)23-22-38(11)34(45)29-19-17-21-42(29)33(44)27(7)24-30(25(3)4)39(12)35(46)31(36(8,9)10)37-32(43)28-18-15-16-20-41(28)26(5)6/h24-26,28-31H,13-23H2,1-12H3,(H,37,43)/t28-,29+,30-,31-/m1/s1. The molecule has 0 radical (unpaired) electrons. The maximum atomic E-state index is 14.2. The highest BCUT2D eigenvalue weighted by Crippen LogP contribution is 2.27. The van der Waals surface area contributed by atoms with Gasteiger partial charge in [0, 0.05) is 45.3 Å². The summed E-state index contributed by atoms with van der Waals surface area (Å²) in [6.07, 6.45) is 6.17. The molecule has 2 heterocycles. The van der Waals surface area contributed by atoms with Gasteiger partial charge in [0.15, 0.2) is 0 Å². The molecule has 0 aromatic carbocycles. The number of amides is 4. The molecule has 2 saturated heterocycles. The first-order chi connectivity index (χ1) is 21.5. The molecule has 0 aromatic rings. The van der Waals surface area contributed by atoms with Gasteiger partial charge in [0.2, 0.25) is 23.6 Å². The first kappa shape index (κ1) is 39.7. The van der Waals surface area contributed by atoms with Gasteiger partial charge in [-0.15, -0.1) is 0 Å². The Kier molecular flexibility index (Phi) is 15.2. The van der Waals surface area contributed by atoms with E-state index in [2.05, 4.69) is 42.8 Å². The molecule has 4 amide bonds. The third kappa shape index (κ3) is 10.3. The number of nitrogens with zero attached hydrogens (tertiary/aromatic N) is 5. The molecule has 0 saturated carbocycles. The van der Waals surface area contributed by atoms with Crippen molar-refractivity contribution in [1.82, 2.24) is 29.8 Å². The number of likely N-dealkylation sites (N-methyl/N-ethyl adjacent to an activating group) is 3. The van der Waals surface area contributed by atoms with Crippen LogP contribution >= 0.6 is 0 Å². The van der Waals surface area contributed by atoms with Gasteiger partial charge >= 0.3 is 0 Å². The Balaban J connectivity index is 2.23. The number of hydrogen-bond donors (Lipinski definition) is 1. The van der Waals surface area contributed by atoms with Gasteiger partial charge in [0.1, 0.15) is 12.1 Å². The molecule has 10 nitrogen and oxygen atoms in total. The van der Waals surface area contributed by atoms with Crippen LogP contribution in [0.25, 0.3) is 0 Å². The summed E-state index contributed by atoms with van der Waals surface area (Å²) in [5.41, 5.74) is 0.00416. The highest BCUT2D eigenvalue weighted by molar-refractivity contribution is 5.97. The summed E-state index contributed by atoms with van der Waals surface area (Å²) < 4.78 is 0. The predicted molar refractivity (Wildman–Crippen MR) is 186 cm³/mol. The van der Waals surface area contributed by atoms with E-state index in [1.807, 2.05) is 47.7 Å². The summed E-state index contributed by atoms with van der Waals surface area (Å²) in [5, 5.41) is 3.15. The summed E-state index contributed by atoms with van der Waals surface area (Å²) in [7, 11) is 3.59. The molecule has 0 unspecified atom stereocenters. The smallest absolute Gasteiger partial charge is 0.249 e. The van der Waals surface area contributed by atoms with E-state index in [0.29, 0.717) is 25.1 Å². The summed E-state index contributed by atoms with van der Waals surface area (Å²) in [4.78, 5) is 64.7. The van der Waals surface area contributed by atoms with Crippen LogP contribution in [-0.2, 0) is 19.2 Å². The average Bonchev–Trinajstić information content (AvgIpc) is 3.50. The second kappa shape index (κ2) is 17.6. The molecule has 2 aliphatic rings. The Morgan fingerprint density at radius 2 is 1.50 bits per heavy atom. The molecule has 2 aliphatic heterocycles. The number of rotatable bonds is 14. The molecule has 10 heteroatoms. The maximum Gasteiger partial charge on any atom is 0.249 e. The van der Waals surface area contributed by atoms with Crippen molar-refractivity contribution in [3.63, 3.8) is 0 Å². The van der Waals surface area contributed by atoms with Crippen molar-refractivity contribution in [2.24, 2.45) is 11.3 Å². The number of piperidine rings is 1. The molecule has 2 rings (SSSR count). The minimum atomic E-state index is -0.723. The SMILES string of the molecule is CCN(CC)CCN(C)C(=O)[C@@H]1CCCN1C(=O)C(C)=C[C@H](C(C)C)N(C)C(=O)[C@@H](NC(=O)[C@H]1CCCCN1C(C)C)C(C)(C)C. The largest absolute Gasteiger partial charge is 0.343 e. The van der Waals surface area contributed by atoms with Crippen molar-refractivity contribution in [2.75, 3.05) is 53.4 Å². The van der Waals surface area contributed by atoms with E-state index >= 15 is 0 Å². The van der Waals surface area contributed by atoms with Crippen LogP contribution in [0, 0.1) is 11.3 Å². The fraction of sp³-hybridized carbons (Fsp3) is 0.833. The number of hydrogen-bond acceptors (Lipinski definition) is 6. The molecule has 0 spiro atoms. The number of carbonyl (C=O) groups excluding carboxylic acids is 4. The summed E-state index contributed by atoms with van der Waals surface area (Å²) in [6, 6.07) is -1.56. The minimum absolute atomic E-state index is 0.0173. The van der Waals surface area contributed by atoms with Gasteiger partial charge in [-0.3, -0.25) is 24.1 Å². The monoisotopic (exact) mass is 647 g/mol. The predicted octanol–water partition coefficient (Wildman–Crippen LogP) is 4.00.